The molecule has 2 unspecified atom stereocenters. The molecule has 0 bridgehead atoms. The molecule has 0 amide bonds. The lowest BCUT2D eigenvalue weighted by Gasteiger charge is -2.15. The van der Waals surface area contributed by atoms with Crippen molar-refractivity contribution in [2.75, 3.05) is 0 Å². The van der Waals surface area contributed by atoms with Crippen LogP contribution < -0.4 is 0 Å². The van der Waals surface area contributed by atoms with Gasteiger partial charge in [0.15, 0.2) is 11.9 Å². The SMILES string of the molecule is CC(=O)c1cc(F)ccc1C(O)C(O)C#N. The first-order valence-electron chi connectivity index (χ1n) is 4.53. The van der Waals surface area contributed by atoms with Crippen LogP contribution in [-0.4, -0.2) is 22.1 Å². The molecule has 84 valence electrons. The van der Waals surface area contributed by atoms with Gasteiger partial charge in [0.05, 0.1) is 6.07 Å². The Morgan fingerprint density at radius 3 is 2.62 bits per heavy atom. The molecule has 2 atom stereocenters. The van der Waals surface area contributed by atoms with Crippen LogP contribution in [0.5, 0.6) is 0 Å². The molecular formula is C11H10FNO3. The largest absolute Gasteiger partial charge is 0.385 e. The Hall–Kier alpha value is -1.77. The van der Waals surface area contributed by atoms with Crippen LogP contribution in [0.3, 0.4) is 0 Å². The molecule has 0 spiro atoms. The van der Waals surface area contributed by atoms with E-state index in [1.165, 1.54) is 19.1 Å². The summed E-state index contributed by atoms with van der Waals surface area (Å²) in [6.45, 7) is 1.21. The first-order chi connectivity index (χ1) is 7.47. The van der Waals surface area contributed by atoms with Gasteiger partial charge in [-0.25, -0.2) is 4.39 Å². The lowest BCUT2D eigenvalue weighted by Crippen LogP contribution is -2.18. The topological polar surface area (TPSA) is 81.3 Å². The monoisotopic (exact) mass is 223 g/mol. The van der Waals surface area contributed by atoms with Crippen molar-refractivity contribution < 1.29 is 19.4 Å². The van der Waals surface area contributed by atoms with Crippen LogP contribution in [0.25, 0.3) is 0 Å². The van der Waals surface area contributed by atoms with Crippen molar-refractivity contribution in [3.05, 3.63) is 35.1 Å². The predicted molar refractivity (Wildman–Crippen MR) is 53.0 cm³/mol. The fourth-order valence-electron chi connectivity index (χ4n) is 1.33. The number of benzene rings is 1. The summed E-state index contributed by atoms with van der Waals surface area (Å²) >= 11 is 0. The van der Waals surface area contributed by atoms with E-state index in [1.54, 1.807) is 0 Å². The van der Waals surface area contributed by atoms with Crippen molar-refractivity contribution in [1.82, 2.24) is 0 Å². The van der Waals surface area contributed by atoms with E-state index in [0.29, 0.717) is 0 Å². The number of aliphatic hydroxyl groups excluding tert-OH is 2. The molecule has 1 aromatic carbocycles. The van der Waals surface area contributed by atoms with Gasteiger partial charge < -0.3 is 10.2 Å². The van der Waals surface area contributed by atoms with Crippen molar-refractivity contribution in [3.63, 3.8) is 0 Å². The second-order valence-corrected chi connectivity index (χ2v) is 3.31. The molecule has 0 aliphatic carbocycles. The smallest absolute Gasteiger partial charge is 0.170 e. The number of carbonyl (C=O) groups is 1. The molecule has 0 heterocycles. The molecule has 1 rings (SSSR count). The summed E-state index contributed by atoms with van der Waals surface area (Å²) < 4.78 is 12.9. The highest BCUT2D eigenvalue weighted by Crippen LogP contribution is 2.22. The van der Waals surface area contributed by atoms with Crippen LogP contribution in [0, 0.1) is 17.1 Å². The maximum atomic E-state index is 12.9. The van der Waals surface area contributed by atoms with Crippen LogP contribution in [0.1, 0.15) is 28.9 Å². The van der Waals surface area contributed by atoms with Crippen molar-refractivity contribution in [1.29, 1.82) is 5.26 Å². The Balaban J connectivity index is 3.23. The average Bonchev–Trinajstić information content (AvgIpc) is 2.26. The molecule has 0 radical (unpaired) electrons. The van der Waals surface area contributed by atoms with E-state index >= 15 is 0 Å². The second kappa shape index (κ2) is 4.84. The molecule has 5 heteroatoms. The summed E-state index contributed by atoms with van der Waals surface area (Å²) in [5, 5.41) is 27.1. The highest BCUT2D eigenvalue weighted by Gasteiger charge is 2.22. The predicted octanol–water partition coefficient (Wildman–Crippen LogP) is 0.946. The Labute approximate surface area is 91.6 Å². The fourth-order valence-corrected chi connectivity index (χ4v) is 1.33. The molecule has 2 N–H and O–H groups in total. The minimum atomic E-state index is -1.65. The van der Waals surface area contributed by atoms with Crippen molar-refractivity contribution in [2.24, 2.45) is 0 Å². The average molecular weight is 223 g/mol. The minimum absolute atomic E-state index is 0.0400. The summed E-state index contributed by atoms with van der Waals surface area (Å²) in [4.78, 5) is 11.2. The van der Waals surface area contributed by atoms with Gasteiger partial charge in [-0.3, -0.25) is 4.79 Å². The van der Waals surface area contributed by atoms with Gasteiger partial charge in [0, 0.05) is 5.56 Å². The van der Waals surface area contributed by atoms with Gasteiger partial charge in [0.2, 0.25) is 0 Å². The van der Waals surface area contributed by atoms with Crippen LogP contribution >= 0.6 is 0 Å². The summed E-state index contributed by atoms with van der Waals surface area (Å²) in [5.41, 5.74) is 0.00440. The quantitative estimate of drug-likeness (QED) is 0.590. The lowest BCUT2D eigenvalue weighted by atomic mass is 9.97. The van der Waals surface area contributed by atoms with Gasteiger partial charge >= 0.3 is 0 Å². The maximum absolute atomic E-state index is 12.9. The maximum Gasteiger partial charge on any atom is 0.170 e. The molecular weight excluding hydrogens is 213 g/mol. The van der Waals surface area contributed by atoms with E-state index < -0.39 is 23.8 Å². The molecule has 0 aliphatic rings. The highest BCUT2D eigenvalue weighted by molar-refractivity contribution is 5.95. The van der Waals surface area contributed by atoms with Crippen molar-refractivity contribution in [3.8, 4) is 6.07 Å². The van der Waals surface area contributed by atoms with Crippen molar-refractivity contribution >= 4 is 5.78 Å². The number of carbonyl (C=O) groups excluding carboxylic acids is 1. The molecule has 0 fully saturated rings. The zero-order valence-electron chi connectivity index (χ0n) is 8.51. The zero-order valence-corrected chi connectivity index (χ0v) is 8.51. The standard InChI is InChI=1S/C11H10FNO3/c1-6(14)9-4-7(12)2-3-8(9)11(16)10(15)5-13/h2-4,10-11,15-16H,1H3. The Kier molecular flexibility index (Phi) is 3.72. The Bertz CT molecular complexity index is 453. The molecule has 16 heavy (non-hydrogen) atoms. The number of hydrogen-bond donors (Lipinski definition) is 2. The highest BCUT2D eigenvalue weighted by atomic mass is 19.1. The first-order valence-corrected chi connectivity index (χ1v) is 4.53. The summed E-state index contributed by atoms with van der Waals surface area (Å²) in [6, 6.07) is 4.64. The third-order valence-electron chi connectivity index (χ3n) is 2.14. The van der Waals surface area contributed by atoms with E-state index in [4.69, 9.17) is 10.4 Å². The minimum Gasteiger partial charge on any atom is -0.385 e. The molecule has 4 nitrogen and oxygen atoms in total. The van der Waals surface area contributed by atoms with Gasteiger partial charge in [-0.15, -0.1) is 0 Å². The molecule has 0 aliphatic heterocycles. The van der Waals surface area contributed by atoms with E-state index in [1.807, 2.05) is 0 Å². The summed E-state index contributed by atoms with van der Waals surface area (Å²) in [6.07, 6.45) is -3.17. The van der Waals surface area contributed by atoms with Crippen molar-refractivity contribution in [2.45, 2.75) is 19.1 Å². The van der Waals surface area contributed by atoms with E-state index in [-0.39, 0.29) is 11.1 Å². The molecule has 0 aromatic heterocycles. The third-order valence-corrected chi connectivity index (χ3v) is 2.14. The van der Waals surface area contributed by atoms with Gasteiger partial charge in [-0.2, -0.15) is 5.26 Å². The van der Waals surface area contributed by atoms with Gasteiger partial charge in [-0.05, 0) is 24.6 Å². The van der Waals surface area contributed by atoms with E-state index in [0.717, 1.165) is 12.1 Å². The first kappa shape index (κ1) is 12.3. The van der Waals surface area contributed by atoms with Crippen LogP contribution in [-0.2, 0) is 0 Å². The van der Waals surface area contributed by atoms with Gasteiger partial charge in [-0.1, -0.05) is 6.07 Å². The Morgan fingerprint density at radius 1 is 1.50 bits per heavy atom. The lowest BCUT2D eigenvalue weighted by molar-refractivity contribution is 0.0519. The summed E-state index contributed by atoms with van der Waals surface area (Å²) in [7, 11) is 0. The molecule has 0 saturated carbocycles. The normalized spacial score (nSPS) is 13.9. The Morgan fingerprint density at radius 2 is 2.12 bits per heavy atom. The molecule has 1 aromatic rings. The third kappa shape index (κ3) is 2.42. The number of halogens is 1. The number of hydrogen-bond acceptors (Lipinski definition) is 4. The van der Waals surface area contributed by atoms with E-state index in [2.05, 4.69) is 0 Å². The number of Topliss-reactive ketones (excluding diaryl/α,β-unsaturated/α-hetero) is 1. The van der Waals surface area contributed by atoms with Crippen LogP contribution in [0.4, 0.5) is 4.39 Å². The summed E-state index contributed by atoms with van der Waals surface area (Å²) in [5.74, 6) is -1.06. The molecule has 0 saturated heterocycles. The van der Waals surface area contributed by atoms with Crippen LogP contribution in [0.2, 0.25) is 0 Å². The van der Waals surface area contributed by atoms with Gasteiger partial charge in [0.25, 0.3) is 0 Å². The number of aliphatic hydroxyl groups is 2. The second-order valence-electron chi connectivity index (χ2n) is 3.31. The number of nitrogens with zero attached hydrogens (tertiary/aromatic N) is 1. The van der Waals surface area contributed by atoms with E-state index in [9.17, 15) is 14.3 Å². The number of ketones is 1. The number of rotatable bonds is 3. The number of nitriles is 1. The van der Waals surface area contributed by atoms with Crippen LogP contribution in [0.15, 0.2) is 18.2 Å². The fraction of sp³-hybridized carbons (Fsp3) is 0.273. The van der Waals surface area contributed by atoms with Gasteiger partial charge in [0.1, 0.15) is 11.9 Å². The zero-order chi connectivity index (χ0) is 12.3.